The highest BCUT2D eigenvalue weighted by Crippen LogP contribution is 2.54. The number of aromatic nitrogens is 1. The van der Waals surface area contributed by atoms with Crippen LogP contribution in [0.3, 0.4) is 0 Å². The van der Waals surface area contributed by atoms with Gasteiger partial charge in [0.25, 0.3) is 11.8 Å². The SMILES string of the molecule is Cc1c([C@@H]2[C@H](C(=O)Nc3ccnc(C(N)=O)c3)O[C@@](C)(C(F)(F)F)[C@H]2C)ccc(F)c1F. The molecule has 2 aromatic rings. The summed E-state index contributed by atoms with van der Waals surface area (Å²) in [6.07, 6.45) is -5.35. The lowest BCUT2D eigenvalue weighted by atomic mass is 9.76. The Hall–Kier alpha value is -3.08. The second-order valence-corrected chi connectivity index (χ2v) is 7.82. The third-order valence-corrected chi connectivity index (χ3v) is 5.95. The molecule has 0 aliphatic carbocycles. The highest BCUT2D eigenvalue weighted by Gasteiger charge is 2.65. The summed E-state index contributed by atoms with van der Waals surface area (Å²) in [6, 6.07) is 4.41. The van der Waals surface area contributed by atoms with Crippen molar-refractivity contribution in [3.8, 4) is 0 Å². The van der Waals surface area contributed by atoms with E-state index < -0.39 is 53.2 Å². The van der Waals surface area contributed by atoms with Crippen molar-refractivity contribution in [2.75, 3.05) is 5.32 Å². The Kier molecular flexibility index (Phi) is 5.98. The number of nitrogens with two attached hydrogens (primary N) is 1. The smallest absolute Gasteiger partial charge is 0.364 e. The first-order chi connectivity index (χ1) is 14.8. The Balaban J connectivity index is 2.05. The van der Waals surface area contributed by atoms with Crippen LogP contribution in [0.15, 0.2) is 30.5 Å². The first-order valence-electron chi connectivity index (χ1n) is 9.53. The van der Waals surface area contributed by atoms with E-state index in [0.717, 1.165) is 25.1 Å². The number of ether oxygens (including phenoxy) is 1. The van der Waals surface area contributed by atoms with E-state index in [0.29, 0.717) is 0 Å². The topological polar surface area (TPSA) is 94.3 Å². The van der Waals surface area contributed by atoms with Crippen LogP contribution in [0.1, 0.15) is 41.4 Å². The molecule has 3 rings (SSSR count). The van der Waals surface area contributed by atoms with Crippen molar-refractivity contribution in [2.24, 2.45) is 11.7 Å². The van der Waals surface area contributed by atoms with E-state index in [2.05, 4.69) is 10.3 Å². The number of pyridine rings is 1. The number of anilines is 1. The molecular weight excluding hydrogens is 437 g/mol. The number of nitrogens with zero attached hydrogens (tertiary/aromatic N) is 1. The molecule has 1 aromatic heterocycles. The lowest BCUT2D eigenvalue weighted by Crippen LogP contribution is -2.47. The predicted octanol–water partition coefficient (Wildman–Crippen LogP) is 3.85. The first-order valence-corrected chi connectivity index (χ1v) is 9.53. The van der Waals surface area contributed by atoms with Gasteiger partial charge in [-0.1, -0.05) is 13.0 Å². The van der Waals surface area contributed by atoms with Crippen LogP contribution in [-0.2, 0) is 9.53 Å². The van der Waals surface area contributed by atoms with E-state index in [1.54, 1.807) is 0 Å². The van der Waals surface area contributed by atoms with Crippen LogP contribution < -0.4 is 11.1 Å². The zero-order valence-electron chi connectivity index (χ0n) is 17.3. The molecule has 0 saturated carbocycles. The molecule has 1 fully saturated rings. The minimum absolute atomic E-state index is 0.0251. The summed E-state index contributed by atoms with van der Waals surface area (Å²) < 4.78 is 74.7. The monoisotopic (exact) mass is 457 g/mol. The van der Waals surface area contributed by atoms with Gasteiger partial charge in [-0.05, 0) is 43.2 Å². The molecule has 0 bridgehead atoms. The van der Waals surface area contributed by atoms with Crippen molar-refractivity contribution in [2.45, 2.75) is 44.6 Å². The Morgan fingerprint density at radius 3 is 2.47 bits per heavy atom. The van der Waals surface area contributed by atoms with E-state index in [4.69, 9.17) is 10.5 Å². The Morgan fingerprint density at radius 2 is 1.88 bits per heavy atom. The molecule has 172 valence electrons. The van der Waals surface area contributed by atoms with Gasteiger partial charge in [0.15, 0.2) is 17.2 Å². The van der Waals surface area contributed by atoms with Gasteiger partial charge in [0, 0.05) is 23.7 Å². The lowest BCUT2D eigenvalue weighted by molar-refractivity contribution is -0.272. The van der Waals surface area contributed by atoms with Crippen LogP contribution in [-0.4, -0.2) is 34.7 Å². The third kappa shape index (κ3) is 3.92. The largest absolute Gasteiger partial charge is 0.417 e. The average Bonchev–Trinajstić information content (AvgIpc) is 2.99. The van der Waals surface area contributed by atoms with E-state index in [-0.39, 0.29) is 22.5 Å². The molecule has 1 aliphatic heterocycles. The fourth-order valence-corrected chi connectivity index (χ4v) is 3.91. The van der Waals surface area contributed by atoms with Crippen LogP contribution >= 0.6 is 0 Å². The third-order valence-electron chi connectivity index (χ3n) is 5.95. The van der Waals surface area contributed by atoms with Gasteiger partial charge in [0.2, 0.25) is 0 Å². The number of amides is 2. The second-order valence-electron chi connectivity index (χ2n) is 7.82. The first kappa shape index (κ1) is 23.6. The zero-order valence-corrected chi connectivity index (χ0v) is 17.3. The fraction of sp³-hybridized carbons (Fsp3) is 0.381. The average molecular weight is 457 g/mol. The molecule has 3 N–H and O–H groups in total. The molecule has 0 unspecified atom stereocenters. The number of benzene rings is 1. The Labute approximate surface area is 180 Å². The van der Waals surface area contributed by atoms with Gasteiger partial charge in [0.05, 0.1) is 0 Å². The van der Waals surface area contributed by atoms with Gasteiger partial charge in [0.1, 0.15) is 11.8 Å². The van der Waals surface area contributed by atoms with E-state index in [1.165, 1.54) is 26.1 Å². The van der Waals surface area contributed by atoms with Crippen molar-refractivity contribution in [1.29, 1.82) is 0 Å². The Bertz CT molecular complexity index is 1080. The Morgan fingerprint density at radius 1 is 1.22 bits per heavy atom. The van der Waals surface area contributed by atoms with Crippen LogP contribution in [0, 0.1) is 24.5 Å². The maximum Gasteiger partial charge on any atom is 0.417 e. The van der Waals surface area contributed by atoms with Gasteiger partial charge >= 0.3 is 6.18 Å². The maximum atomic E-state index is 14.2. The number of hydrogen-bond acceptors (Lipinski definition) is 4. The molecule has 0 radical (unpaired) electrons. The highest BCUT2D eigenvalue weighted by molar-refractivity contribution is 5.97. The highest BCUT2D eigenvalue weighted by atomic mass is 19.4. The fourth-order valence-electron chi connectivity index (χ4n) is 3.91. The molecule has 1 saturated heterocycles. The summed E-state index contributed by atoms with van der Waals surface area (Å²) in [7, 11) is 0. The molecule has 11 heteroatoms. The minimum Gasteiger partial charge on any atom is -0.364 e. The molecule has 2 amide bonds. The quantitative estimate of drug-likeness (QED) is 0.682. The van der Waals surface area contributed by atoms with Crippen LogP contribution in [0.2, 0.25) is 0 Å². The summed E-state index contributed by atoms with van der Waals surface area (Å²) in [5.74, 6) is -6.76. The van der Waals surface area contributed by atoms with E-state index >= 15 is 0 Å². The van der Waals surface area contributed by atoms with Crippen molar-refractivity contribution in [1.82, 2.24) is 4.98 Å². The number of carbonyl (C=O) groups is 2. The second kappa shape index (κ2) is 8.12. The summed E-state index contributed by atoms with van der Waals surface area (Å²) in [6.45, 7) is 3.27. The number of nitrogens with one attached hydrogen (secondary N) is 1. The number of hydrogen-bond donors (Lipinski definition) is 2. The minimum atomic E-state index is -4.85. The number of primary amides is 1. The number of halogens is 5. The molecular formula is C21H20F5N3O3. The predicted molar refractivity (Wildman–Crippen MR) is 104 cm³/mol. The van der Waals surface area contributed by atoms with Gasteiger partial charge in [-0.25, -0.2) is 8.78 Å². The number of rotatable bonds is 4. The standard InChI is InChI=1S/C21H20F5N3O3/c1-9-12(4-5-13(22)16(9)23)15-10(2)20(3,21(24,25)26)32-17(15)19(31)29-11-6-7-28-14(8-11)18(27)30/h4-8,10,15,17H,1-3H3,(H2,27,30)(H,28,29,31)/t10-,15+,17+,20+/m0/s1. The van der Waals surface area contributed by atoms with Gasteiger partial charge in [-0.3, -0.25) is 14.6 Å². The summed E-state index contributed by atoms with van der Waals surface area (Å²) >= 11 is 0. The van der Waals surface area contributed by atoms with Crippen LogP contribution in [0.25, 0.3) is 0 Å². The van der Waals surface area contributed by atoms with Gasteiger partial charge in [-0.2, -0.15) is 13.2 Å². The van der Waals surface area contributed by atoms with E-state index in [9.17, 15) is 31.5 Å². The van der Waals surface area contributed by atoms with Crippen molar-refractivity contribution in [3.63, 3.8) is 0 Å². The van der Waals surface area contributed by atoms with E-state index in [1.807, 2.05) is 0 Å². The number of carbonyl (C=O) groups excluding carboxylic acids is 2. The lowest BCUT2D eigenvalue weighted by Gasteiger charge is -2.32. The summed E-state index contributed by atoms with van der Waals surface area (Å²) in [5.41, 5.74) is 2.11. The maximum absolute atomic E-state index is 14.2. The van der Waals surface area contributed by atoms with Gasteiger partial charge < -0.3 is 15.8 Å². The molecule has 4 atom stereocenters. The van der Waals surface area contributed by atoms with Crippen LogP contribution in [0.5, 0.6) is 0 Å². The van der Waals surface area contributed by atoms with Crippen LogP contribution in [0.4, 0.5) is 27.6 Å². The van der Waals surface area contributed by atoms with Crippen molar-refractivity contribution < 1.29 is 36.3 Å². The molecule has 0 spiro atoms. The molecule has 32 heavy (non-hydrogen) atoms. The number of alkyl halides is 3. The van der Waals surface area contributed by atoms with Crippen molar-refractivity contribution in [3.05, 3.63) is 58.9 Å². The molecule has 1 aromatic carbocycles. The normalized spacial score (nSPS) is 25.6. The van der Waals surface area contributed by atoms with Crippen molar-refractivity contribution >= 4 is 17.5 Å². The zero-order chi connectivity index (χ0) is 24.0. The summed E-state index contributed by atoms with van der Waals surface area (Å²) in [4.78, 5) is 28.0. The summed E-state index contributed by atoms with van der Waals surface area (Å²) in [5, 5.41) is 2.39. The molecule has 2 heterocycles. The van der Waals surface area contributed by atoms with Gasteiger partial charge in [-0.15, -0.1) is 0 Å². The molecule has 1 aliphatic rings. The molecule has 6 nitrogen and oxygen atoms in total.